The van der Waals surface area contributed by atoms with Crippen LogP contribution in [0.1, 0.15) is 40.5 Å². The molecule has 0 aromatic heterocycles. The summed E-state index contributed by atoms with van der Waals surface area (Å²) < 4.78 is 0. The summed E-state index contributed by atoms with van der Waals surface area (Å²) in [5.41, 5.74) is 6.10. The lowest BCUT2D eigenvalue weighted by Gasteiger charge is -2.41. The van der Waals surface area contributed by atoms with Crippen molar-refractivity contribution in [2.75, 3.05) is 0 Å². The Morgan fingerprint density at radius 2 is 2.15 bits per heavy atom. The predicted octanol–water partition coefficient (Wildman–Crippen LogP) is 1.49. The maximum atomic E-state index is 5.74. The third kappa shape index (κ3) is 2.61. The average molecular weight is 183 g/mol. The van der Waals surface area contributed by atoms with Crippen LogP contribution in [-0.2, 0) is 0 Å². The van der Waals surface area contributed by atoms with Gasteiger partial charge < -0.3 is 11.1 Å². The van der Waals surface area contributed by atoms with Crippen LogP contribution in [-0.4, -0.2) is 18.0 Å². The molecule has 0 heterocycles. The first-order valence-corrected chi connectivity index (χ1v) is 5.01. The Morgan fingerprint density at radius 1 is 1.54 bits per heavy atom. The quantitative estimate of drug-likeness (QED) is 0.503. The molecule has 0 aromatic carbocycles. The van der Waals surface area contributed by atoms with Crippen molar-refractivity contribution in [1.29, 1.82) is 0 Å². The number of nitrogens with two attached hydrogens (primary N) is 1. The summed E-state index contributed by atoms with van der Waals surface area (Å²) in [6.07, 6.45) is 2.43. The zero-order valence-corrected chi connectivity index (χ0v) is 9.09. The van der Waals surface area contributed by atoms with Crippen LogP contribution in [0.25, 0.3) is 0 Å². The fourth-order valence-corrected chi connectivity index (χ4v) is 1.59. The fourth-order valence-electron chi connectivity index (χ4n) is 1.59. The molecule has 1 fully saturated rings. The molecule has 3 N–H and O–H groups in total. The molecular weight excluding hydrogens is 162 g/mol. The van der Waals surface area contributed by atoms with Crippen LogP contribution < -0.4 is 11.1 Å². The van der Waals surface area contributed by atoms with Gasteiger partial charge in [0, 0.05) is 6.04 Å². The van der Waals surface area contributed by atoms with Crippen LogP contribution in [0.3, 0.4) is 0 Å². The first-order chi connectivity index (χ1) is 5.92. The SMILES string of the molecule is CC(C)NC(N)=NC1CCC1(C)C. The molecule has 76 valence electrons. The van der Waals surface area contributed by atoms with Crippen molar-refractivity contribution in [3.8, 4) is 0 Å². The van der Waals surface area contributed by atoms with Crippen molar-refractivity contribution in [2.45, 2.75) is 52.6 Å². The summed E-state index contributed by atoms with van der Waals surface area (Å²) in [5.74, 6) is 0.591. The van der Waals surface area contributed by atoms with E-state index in [-0.39, 0.29) is 0 Å². The first kappa shape index (κ1) is 10.4. The number of nitrogens with zero attached hydrogens (tertiary/aromatic N) is 1. The second-order valence-corrected chi connectivity index (χ2v) is 4.86. The van der Waals surface area contributed by atoms with Crippen LogP contribution in [0.2, 0.25) is 0 Å². The molecule has 0 saturated heterocycles. The highest BCUT2D eigenvalue weighted by Crippen LogP contribution is 2.42. The molecule has 0 aliphatic heterocycles. The monoisotopic (exact) mass is 183 g/mol. The highest BCUT2D eigenvalue weighted by molar-refractivity contribution is 5.78. The highest BCUT2D eigenvalue weighted by atomic mass is 15.1. The zero-order chi connectivity index (χ0) is 10.1. The van der Waals surface area contributed by atoms with Crippen LogP contribution in [0.4, 0.5) is 0 Å². The topological polar surface area (TPSA) is 50.4 Å². The molecule has 1 aliphatic rings. The minimum absolute atomic E-state index is 0.350. The van der Waals surface area contributed by atoms with Gasteiger partial charge in [-0.15, -0.1) is 0 Å². The Morgan fingerprint density at radius 3 is 2.46 bits per heavy atom. The zero-order valence-electron chi connectivity index (χ0n) is 9.09. The van der Waals surface area contributed by atoms with Crippen molar-refractivity contribution in [2.24, 2.45) is 16.1 Å². The van der Waals surface area contributed by atoms with E-state index in [1.54, 1.807) is 0 Å². The van der Waals surface area contributed by atoms with E-state index in [1.807, 2.05) is 0 Å². The molecule has 1 unspecified atom stereocenters. The largest absolute Gasteiger partial charge is 0.370 e. The van der Waals surface area contributed by atoms with Crippen molar-refractivity contribution in [1.82, 2.24) is 5.32 Å². The van der Waals surface area contributed by atoms with E-state index in [2.05, 4.69) is 38.0 Å². The van der Waals surface area contributed by atoms with E-state index >= 15 is 0 Å². The van der Waals surface area contributed by atoms with Gasteiger partial charge >= 0.3 is 0 Å². The molecule has 0 bridgehead atoms. The number of guanidine groups is 1. The van der Waals surface area contributed by atoms with Gasteiger partial charge in [0.1, 0.15) is 0 Å². The molecule has 13 heavy (non-hydrogen) atoms. The maximum Gasteiger partial charge on any atom is 0.189 e. The minimum atomic E-state index is 0.350. The summed E-state index contributed by atoms with van der Waals surface area (Å²) in [6.45, 7) is 8.61. The smallest absolute Gasteiger partial charge is 0.189 e. The summed E-state index contributed by atoms with van der Waals surface area (Å²) in [7, 11) is 0. The Kier molecular flexibility index (Phi) is 2.84. The second-order valence-electron chi connectivity index (χ2n) is 4.86. The molecule has 1 atom stereocenters. The van der Waals surface area contributed by atoms with Crippen LogP contribution in [0.5, 0.6) is 0 Å². The van der Waals surface area contributed by atoms with Crippen LogP contribution in [0, 0.1) is 5.41 Å². The molecule has 0 amide bonds. The lowest BCUT2D eigenvalue weighted by molar-refractivity contribution is 0.145. The fraction of sp³-hybridized carbons (Fsp3) is 0.900. The van der Waals surface area contributed by atoms with E-state index in [0.29, 0.717) is 23.5 Å². The highest BCUT2D eigenvalue weighted by Gasteiger charge is 2.38. The van der Waals surface area contributed by atoms with Gasteiger partial charge in [-0.3, -0.25) is 0 Å². The lowest BCUT2D eigenvalue weighted by atomic mass is 9.68. The van der Waals surface area contributed by atoms with Crippen molar-refractivity contribution in [3.05, 3.63) is 0 Å². The van der Waals surface area contributed by atoms with Gasteiger partial charge in [0.15, 0.2) is 5.96 Å². The van der Waals surface area contributed by atoms with Crippen molar-refractivity contribution < 1.29 is 0 Å². The van der Waals surface area contributed by atoms with Gasteiger partial charge in [-0.1, -0.05) is 13.8 Å². The minimum Gasteiger partial charge on any atom is -0.370 e. The molecule has 3 heteroatoms. The Bertz CT molecular complexity index is 206. The van der Waals surface area contributed by atoms with E-state index in [9.17, 15) is 0 Å². The number of aliphatic imine (C=N–C) groups is 1. The molecule has 0 spiro atoms. The molecule has 1 saturated carbocycles. The van der Waals surface area contributed by atoms with Gasteiger partial charge in [0.2, 0.25) is 0 Å². The van der Waals surface area contributed by atoms with E-state index < -0.39 is 0 Å². The van der Waals surface area contributed by atoms with E-state index in [4.69, 9.17) is 5.73 Å². The Labute approximate surface area is 80.8 Å². The number of rotatable bonds is 2. The predicted molar refractivity (Wildman–Crippen MR) is 56.7 cm³/mol. The van der Waals surface area contributed by atoms with Crippen molar-refractivity contribution >= 4 is 5.96 Å². The number of hydrogen-bond donors (Lipinski definition) is 2. The Balaban J connectivity index is 2.46. The third-order valence-electron chi connectivity index (χ3n) is 2.70. The average Bonchev–Trinajstić information content (AvgIpc) is 1.97. The summed E-state index contributed by atoms with van der Waals surface area (Å²) >= 11 is 0. The summed E-state index contributed by atoms with van der Waals surface area (Å²) in [5, 5.41) is 3.11. The van der Waals surface area contributed by atoms with Gasteiger partial charge in [0.05, 0.1) is 6.04 Å². The number of hydrogen-bond acceptors (Lipinski definition) is 1. The standard InChI is InChI=1S/C10H21N3/c1-7(2)12-9(11)13-8-5-6-10(8,3)4/h7-8H,5-6H2,1-4H3,(H3,11,12,13). The molecule has 0 radical (unpaired) electrons. The molecular formula is C10H21N3. The first-order valence-electron chi connectivity index (χ1n) is 5.01. The van der Waals surface area contributed by atoms with E-state index in [0.717, 1.165) is 0 Å². The van der Waals surface area contributed by atoms with Gasteiger partial charge in [-0.05, 0) is 32.1 Å². The summed E-state index contributed by atoms with van der Waals surface area (Å²) in [4.78, 5) is 4.46. The summed E-state index contributed by atoms with van der Waals surface area (Å²) in [6, 6.07) is 0.783. The maximum absolute atomic E-state index is 5.74. The van der Waals surface area contributed by atoms with Gasteiger partial charge in [0.25, 0.3) is 0 Å². The van der Waals surface area contributed by atoms with Gasteiger partial charge in [-0.25, -0.2) is 4.99 Å². The number of nitrogens with one attached hydrogen (secondary N) is 1. The van der Waals surface area contributed by atoms with Crippen LogP contribution in [0.15, 0.2) is 4.99 Å². The molecule has 3 nitrogen and oxygen atoms in total. The lowest BCUT2D eigenvalue weighted by Crippen LogP contribution is -2.43. The Hall–Kier alpha value is -0.730. The second kappa shape index (κ2) is 3.56. The third-order valence-corrected chi connectivity index (χ3v) is 2.70. The molecule has 0 aromatic rings. The molecule has 1 aliphatic carbocycles. The van der Waals surface area contributed by atoms with Gasteiger partial charge in [-0.2, -0.15) is 0 Å². The van der Waals surface area contributed by atoms with Crippen LogP contribution >= 0.6 is 0 Å². The van der Waals surface area contributed by atoms with E-state index in [1.165, 1.54) is 12.8 Å². The normalized spacial score (nSPS) is 27.2. The molecule has 1 rings (SSSR count). The van der Waals surface area contributed by atoms with Crippen molar-refractivity contribution in [3.63, 3.8) is 0 Å².